The molecule has 0 spiro atoms. The summed E-state index contributed by atoms with van der Waals surface area (Å²) >= 11 is 0. The van der Waals surface area contributed by atoms with Gasteiger partial charge in [-0.2, -0.15) is 0 Å². The molecule has 3 aromatic heterocycles. The van der Waals surface area contributed by atoms with Crippen molar-refractivity contribution in [3.8, 4) is 11.1 Å². The average molecular weight is 378 g/mol. The number of anilines is 2. The van der Waals surface area contributed by atoms with Crippen LogP contribution in [0.2, 0.25) is 0 Å². The second-order valence-corrected chi connectivity index (χ2v) is 6.99. The first-order chi connectivity index (χ1) is 13.5. The second-order valence-electron chi connectivity index (χ2n) is 6.99. The Hall–Kier alpha value is -3.42. The molecule has 1 N–H and O–H groups in total. The highest BCUT2D eigenvalue weighted by Crippen LogP contribution is 2.22. The van der Waals surface area contributed by atoms with Gasteiger partial charge in [0.1, 0.15) is 11.6 Å². The van der Waals surface area contributed by atoms with Gasteiger partial charge in [-0.15, -0.1) is 0 Å². The van der Waals surface area contributed by atoms with Gasteiger partial charge in [-0.1, -0.05) is 0 Å². The van der Waals surface area contributed by atoms with Crippen LogP contribution in [-0.2, 0) is 14.1 Å². The molecule has 28 heavy (non-hydrogen) atoms. The Morgan fingerprint density at radius 3 is 2.54 bits per heavy atom. The smallest absolute Gasteiger partial charge is 0.332 e. The predicted molar refractivity (Wildman–Crippen MR) is 109 cm³/mol. The first kappa shape index (κ1) is 18.0. The lowest BCUT2D eigenvalue weighted by molar-refractivity contribution is 0.672. The molecule has 1 fully saturated rings. The van der Waals surface area contributed by atoms with Crippen molar-refractivity contribution >= 4 is 11.6 Å². The van der Waals surface area contributed by atoms with Gasteiger partial charge in [-0.3, -0.25) is 18.9 Å². The standard InChI is InChI=1S/C20H22N6O2/c1-24-18(11-19(27)25(2)20(24)28)26-10-7-16(13-26)23-17-4-3-15(12-22-17)14-5-8-21-9-6-14/h3-6,8-9,11-12,16H,7,10,13H2,1-2H3,(H,22,23)/t16-/m0/s1. The molecule has 0 amide bonds. The summed E-state index contributed by atoms with van der Waals surface area (Å²) in [6, 6.07) is 9.61. The minimum Gasteiger partial charge on any atom is -0.365 e. The van der Waals surface area contributed by atoms with E-state index in [-0.39, 0.29) is 17.3 Å². The largest absolute Gasteiger partial charge is 0.365 e. The van der Waals surface area contributed by atoms with Crippen LogP contribution in [0.3, 0.4) is 0 Å². The van der Waals surface area contributed by atoms with Crippen molar-refractivity contribution in [2.45, 2.75) is 12.5 Å². The lowest BCUT2D eigenvalue weighted by atomic mass is 10.1. The number of nitrogens with one attached hydrogen (secondary N) is 1. The van der Waals surface area contributed by atoms with Gasteiger partial charge < -0.3 is 10.2 Å². The summed E-state index contributed by atoms with van der Waals surface area (Å²) in [5.74, 6) is 1.46. The van der Waals surface area contributed by atoms with Crippen molar-refractivity contribution in [1.82, 2.24) is 19.1 Å². The molecule has 1 aliphatic rings. The molecule has 1 saturated heterocycles. The molecule has 4 heterocycles. The van der Waals surface area contributed by atoms with Crippen LogP contribution in [0.15, 0.2) is 58.5 Å². The lowest BCUT2D eigenvalue weighted by Gasteiger charge is -2.21. The van der Waals surface area contributed by atoms with E-state index in [0.29, 0.717) is 12.4 Å². The van der Waals surface area contributed by atoms with E-state index in [9.17, 15) is 9.59 Å². The maximum atomic E-state index is 12.2. The van der Waals surface area contributed by atoms with E-state index in [1.165, 1.54) is 17.7 Å². The molecular formula is C20H22N6O2. The summed E-state index contributed by atoms with van der Waals surface area (Å²) < 4.78 is 2.63. The van der Waals surface area contributed by atoms with Crippen LogP contribution in [0.1, 0.15) is 6.42 Å². The zero-order chi connectivity index (χ0) is 19.7. The Morgan fingerprint density at radius 1 is 1.04 bits per heavy atom. The van der Waals surface area contributed by atoms with Crippen molar-refractivity contribution < 1.29 is 0 Å². The van der Waals surface area contributed by atoms with Gasteiger partial charge in [0.2, 0.25) is 0 Å². The topological polar surface area (TPSA) is 85.1 Å². The number of hydrogen-bond donors (Lipinski definition) is 1. The quantitative estimate of drug-likeness (QED) is 0.735. The van der Waals surface area contributed by atoms with Crippen LogP contribution >= 0.6 is 0 Å². The van der Waals surface area contributed by atoms with Gasteiger partial charge in [0, 0.05) is 63.4 Å². The molecule has 0 bridgehead atoms. The molecule has 1 atom stereocenters. The molecule has 0 aliphatic carbocycles. The van der Waals surface area contributed by atoms with Crippen LogP contribution in [0.25, 0.3) is 11.1 Å². The summed E-state index contributed by atoms with van der Waals surface area (Å²) in [5.41, 5.74) is 1.51. The van der Waals surface area contributed by atoms with Crippen molar-refractivity contribution in [3.63, 3.8) is 0 Å². The van der Waals surface area contributed by atoms with Crippen molar-refractivity contribution in [3.05, 3.63) is 69.8 Å². The minimum absolute atomic E-state index is 0.193. The van der Waals surface area contributed by atoms with Gasteiger partial charge >= 0.3 is 5.69 Å². The Kier molecular flexibility index (Phi) is 4.68. The van der Waals surface area contributed by atoms with Crippen molar-refractivity contribution in [1.29, 1.82) is 0 Å². The fourth-order valence-electron chi connectivity index (χ4n) is 3.51. The van der Waals surface area contributed by atoms with Gasteiger partial charge in [-0.25, -0.2) is 9.78 Å². The van der Waals surface area contributed by atoms with Crippen LogP contribution in [0.4, 0.5) is 11.6 Å². The Balaban J connectivity index is 1.46. The summed E-state index contributed by atoms with van der Waals surface area (Å²) in [5, 5.41) is 3.44. The molecule has 0 aromatic carbocycles. The number of rotatable bonds is 4. The first-order valence-electron chi connectivity index (χ1n) is 9.18. The highest BCUT2D eigenvalue weighted by atomic mass is 16.2. The third-order valence-corrected chi connectivity index (χ3v) is 5.14. The zero-order valence-corrected chi connectivity index (χ0v) is 15.9. The molecule has 0 radical (unpaired) electrons. The molecule has 4 rings (SSSR count). The van der Waals surface area contributed by atoms with E-state index in [0.717, 1.165) is 34.5 Å². The zero-order valence-electron chi connectivity index (χ0n) is 15.9. The summed E-state index contributed by atoms with van der Waals surface area (Å²) in [6.45, 7) is 1.47. The van der Waals surface area contributed by atoms with Gasteiger partial charge in [0.25, 0.3) is 5.56 Å². The van der Waals surface area contributed by atoms with Gasteiger partial charge in [-0.05, 0) is 36.2 Å². The van der Waals surface area contributed by atoms with E-state index in [4.69, 9.17) is 0 Å². The normalized spacial score (nSPS) is 16.4. The Bertz CT molecular complexity index is 1090. The fraction of sp³-hybridized carbons (Fsp3) is 0.300. The number of hydrogen-bond acceptors (Lipinski definition) is 6. The van der Waals surface area contributed by atoms with E-state index in [1.807, 2.05) is 30.5 Å². The SMILES string of the molecule is Cn1c(N2CC[C@H](Nc3ccc(-c4ccncc4)cn3)C2)cc(=O)n(C)c1=O. The molecule has 1 aliphatic heterocycles. The average Bonchev–Trinajstić information content (AvgIpc) is 3.18. The lowest BCUT2D eigenvalue weighted by Crippen LogP contribution is -2.40. The van der Waals surface area contributed by atoms with E-state index in [1.54, 1.807) is 19.4 Å². The molecule has 0 unspecified atom stereocenters. The Labute approximate surface area is 162 Å². The van der Waals surface area contributed by atoms with E-state index < -0.39 is 0 Å². The third kappa shape index (κ3) is 3.40. The monoisotopic (exact) mass is 378 g/mol. The molecule has 8 heteroatoms. The third-order valence-electron chi connectivity index (χ3n) is 5.14. The van der Waals surface area contributed by atoms with Crippen LogP contribution in [0, 0.1) is 0 Å². The fourth-order valence-corrected chi connectivity index (χ4v) is 3.51. The van der Waals surface area contributed by atoms with Crippen molar-refractivity contribution in [2.75, 3.05) is 23.3 Å². The van der Waals surface area contributed by atoms with Crippen molar-refractivity contribution in [2.24, 2.45) is 14.1 Å². The molecule has 144 valence electrons. The second kappa shape index (κ2) is 7.30. The van der Waals surface area contributed by atoms with Gasteiger partial charge in [0.05, 0.1) is 0 Å². The summed E-state index contributed by atoms with van der Waals surface area (Å²) in [6.07, 6.45) is 6.27. The van der Waals surface area contributed by atoms with Crippen LogP contribution in [0.5, 0.6) is 0 Å². The van der Waals surface area contributed by atoms with Crippen LogP contribution < -0.4 is 21.5 Å². The summed E-state index contributed by atoms with van der Waals surface area (Å²) in [7, 11) is 3.18. The van der Waals surface area contributed by atoms with E-state index in [2.05, 4.69) is 20.2 Å². The number of aromatic nitrogens is 4. The maximum absolute atomic E-state index is 12.2. The predicted octanol–water partition coefficient (Wildman–Crippen LogP) is 1.23. The number of nitrogens with zero attached hydrogens (tertiary/aromatic N) is 5. The molecule has 3 aromatic rings. The van der Waals surface area contributed by atoms with Crippen LogP contribution in [-0.4, -0.2) is 38.2 Å². The summed E-state index contributed by atoms with van der Waals surface area (Å²) in [4.78, 5) is 34.8. The molecule has 0 saturated carbocycles. The highest BCUT2D eigenvalue weighted by Gasteiger charge is 2.25. The Morgan fingerprint density at radius 2 is 1.82 bits per heavy atom. The van der Waals surface area contributed by atoms with E-state index >= 15 is 0 Å². The highest BCUT2D eigenvalue weighted by molar-refractivity contribution is 5.63. The molecule has 8 nitrogen and oxygen atoms in total. The van der Waals surface area contributed by atoms with Gasteiger partial charge in [0.15, 0.2) is 0 Å². The first-order valence-corrected chi connectivity index (χ1v) is 9.18. The molecular weight excluding hydrogens is 356 g/mol. The maximum Gasteiger partial charge on any atom is 0.332 e. The minimum atomic E-state index is -0.313. The number of pyridine rings is 2.